The van der Waals surface area contributed by atoms with Crippen molar-refractivity contribution in [1.29, 1.82) is 0 Å². The molecule has 0 saturated carbocycles. The van der Waals surface area contributed by atoms with E-state index in [1.807, 2.05) is 30.3 Å². The molecule has 1 aliphatic rings. The number of amides is 1. The Morgan fingerprint density at radius 1 is 1.26 bits per heavy atom. The van der Waals surface area contributed by atoms with Gasteiger partial charge in [-0.05, 0) is 25.3 Å². The summed E-state index contributed by atoms with van der Waals surface area (Å²) >= 11 is 0. The molecule has 2 rings (SSSR count). The lowest BCUT2D eigenvalue weighted by Crippen LogP contribution is -2.48. The molecule has 1 aromatic rings. The first kappa shape index (κ1) is 17.5. The molecular formula is C16H21NO5S. The van der Waals surface area contributed by atoms with Gasteiger partial charge in [0.05, 0.1) is 17.0 Å². The highest BCUT2D eigenvalue weighted by atomic mass is 32.2. The minimum Gasteiger partial charge on any atom is -0.456 e. The molecule has 0 aliphatic carbocycles. The molecule has 1 aromatic carbocycles. The van der Waals surface area contributed by atoms with Gasteiger partial charge in [-0.25, -0.2) is 8.42 Å². The van der Waals surface area contributed by atoms with Crippen LogP contribution in [0.15, 0.2) is 30.3 Å². The molecule has 0 aromatic heterocycles. The van der Waals surface area contributed by atoms with E-state index >= 15 is 0 Å². The Kier molecular flexibility index (Phi) is 5.41. The molecule has 0 unspecified atom stereocenters. The SMILES string of the molecule is C[C@@]1(NC(=O)COC(=O)CCc2ccccc2)CCS(=O)(=O)C1. The summed E-state index contributed by atoms with van der Waals surface area (Å²) in [6, 6.07) is 9.52. The lowest BCUT2D eigenvalue weighted by atomic mass is 10.0. The zero-order chi connectivity index (χ0) is 16.9. The summed E-state index contributed by atoms with van der Waals surface area (Å²) in [5.41, 5.74) is 0.254. The molecule has 1 heterocycles. The van der Waals surface area contributed by atoms with Crippen LogP contribution < -0.4 is 5.32 Å². The molecule has 6 nitrogen and oxygen atoms in total. The molecular weight excluding hydrogens is 318 g/mol. The van der Waals surface area contributed by atoms with Gasteiger partial charge in [-0.1, -0.05) is 30.3 Å². The number of aryl methyl sites for hydroxylation is 1. The summed E-state index contributed by atoms with van der Waals surface area (Å²) in [5, 5.41) is 2.64. The summed E-state index contributed by atoms with van der Waals surface area (Å²) in [6.07, 6.45) is 1.13. The van der Waals surface area contributed by atoms with Crippen LogP contribution in [0.5, 0.6) is 0 Å². The quantitative estimate of drug-likeness (QED) is 0.776. The normalized spacial score (nSPS) is 22.5. The summed E-state index contributed by atoms with van der Waals surface area (Å²) in [4.78, 5) is 23.5. The number of rotatable bonds is 6. The van der Waals surface area contributed by atoms with Crippen LogP contribution in [0.3, 0.4) is 0 Å². The first-order chi connectivity index (χ1) is 10.8. The molecule has 0 bridgehead atoms. The molecule has 1 N–H and O–H groups in total. The van der Waals surface area contributed by atoms with Crippen molar-refractivity contribution < 1.29 is 22.7 Å². The largest absolute Gasteiger partial charge is 0.456 e. The van der Waals surface area contributed by atoms with Gasteiger partial charge in [0.25, 0.3) is 5.91 Å². The van der Waals surface area contributed by atoms with Gasteiger partial charge in [0.15, 0.2) is 16.4 Å². The zero-order valence-electron chi connectivity index (χ0n) is 13.1. The van der Waals surface area contributed by atoms with Gasteiger partial charge in [-0.15, -0.1) is 0 Å². The Morgan fingerprint density at radius 2 is 1.96 bits per heavy atom. The highest BCUT2D eigenvalue weighted by Gasteiger charge is 2.39. The predicted octanol–water partition coefficient (Wildman–Crippen LogP) is 0.856. The number of carbonyl (C=O) groups excluding carboxylic acids is 2. The van der Waals surface area contributed by atoms with E-state index in [9.17, 15) is 18.0 Å². The fourth-order valence-corrected chi connectivity index (χ4v) is 4.68. The Hall–Kier alpha value is -1.89. The number of ether oxygens (including phenoxy) is 1. The Bertz CT molecular complexity index is 671. The first-order valence-electron chi connectivity index (χ1n) is 7.49. The third-order valence-corrected chi connectivity index (χ3v) is 5.67. The second-order valence-electron chi connectivity index (χ2n) is 6.10. The lowest BCUT2D eigenvalue weighted by molar-refractivity contribution is -0.148. The van der Waals surface area contributed by atoms with Crippen LogP contribution in [0.1, 0.15) is 25.3 Å². The topological polar surface area (TPSA) is 89.5 Å². The fraction of sp³-hybridized carbons (Fsp3) is 0.500. The predicted molar refractivity (Wildman–Crippen MR) is 85.5 cm³/mol. The second kappa shape index (κ2) is 7.12. The maximum Gasteiger partial charge on any atom is 0.306 e. The maximum absolute atomic E-state index is 11.8. The third-order valence-electron chi connectivity index (χ3n) is 3.77. The smallest absolute Gasteiger partial charge is 0.306 e. The number of nitrogens with one attached hydrogen (secondary N) is 1. The summed E-state index contributed by atoms with van der Waals surface area (Å²) in [7, 11) is -3.09. The second-order valence-corrected chi connectivity index (χ2v) is 8.28. The summed E-state index contributed by atoms with van der Waals surface area (Å²) in [5.74, 6) is -0.931. The van der Waals surface area contributed by atoms with Crippen LogP contribution in [0.2, 0.25) is 0 Å². The lowest BCUT2D eigenvalue weighted by Gasteiger charge is -2.23. The van der Waals surface area contributed by atoms with Gasteiger partial charge >= 0.3 is 5.97 Å². The van der Waals surface area contributed by atoms with E-state index in [0.29, 0.717) is 12.8 Å². The van der Waals surface area contributed by atoms with Crippen molar-refractivity contribution in [1.82, 2.24) is 5.32 Å². The molecule has 23 heavy (non-hydrogen) atoms. The van der Waals surface area contributed by atoms with Crippen LogP contribution in [0.25, 0.3) is 0 Å². The van der Waals surface area contributed by atoms with Gasteiger partial charge < -0.3 is 10.1 Å². The average Bonchev–Trinajstić information content (AvgIpc) is 2.77. The Labute approximate surface area is 136 Å². The van der Waals surface area contributed by atoms with Crippen LogP contribution in [0.4, 0.5) is 0 Å². The average molecular weight is 339 g/mol. The monoisotopic (exact) mass is 339 g/mol. The molecule has 7 heteroatoms. The number of benzene rings is 1. The highest BCUT2D eigenvalue weighted by molar-refractivity contribution is 7.91. The molecule has 1 amide bonds. The van der Waals surface area contributed by atoms with Gasteiger partial charge in [0, 0.05) is 6.42 Å². The van der Waals surface area contributed by atoms with E-state index in [1.165, 1.54) is 0 Å². The molecule has 1 atom stereocenters. The van der Waals surface area contributed by atoms with E-state index in [1.54, 1.807) is 6.92 Å². The minimum absolute atomic E-state index is 0.0701. The van der Waals surface area contributed by atoms with Crippen molar-refractivity contribution in [3.05, 3.63) is 35.9 Å². The molecule has 0 radical (unpaired) electrons. The molecule has 126 valence electrons. The van der Waals surface area contributed by atoms with Crippen molar-refractivity contribution in [2.24, 2.45) is 0 Å². The van der Waals surface area contributed by atoms with E-state index in [4.69, 9.17) is 4.74 Å². The third kappa shape index (κ3) is 5.67. The van der Waals surface area contributed by atoms with Crippen LogP contribution in [-0.2, 0) is 30.6 Å². The van der Waals surface area contributed by atoms with Gasteiger partial charge in [-0.3, -0.25) is 9.59 Å². The van der Waals surface area contributed by atoms with E-state index < -0.39 is 27.3 Å². The van der Waals surface area contributed by atoms with Crippen molar-refractivity contribution in [3.63, 3.8) is 0 Å². The Morgan fingerprint density at radius 3 is 2.57 bits per heavy atom. The number of hydrogen-bond donors (Lipinski definition) is 1. The van der Waals surface area contributed by atoms with Gasteiger partial charge in [0.2, 0.25) is 0 Å². The molecule has 1 fully saturated rings. The van der Waals surface area contributed by atoms with Crippen molar-refractivity contribution in [2.75, 3.05) is 18.1 Å². The number of carbonyl (C=O) groups is 2. The van der Waals surface area contributed by atoms with Crippen LogP contribution >= 0.6 is 0 Å². The molecule has 1 aliphatic heterocycles. The minimum atomic E-state index is -3.09. The van der Waals surface area contributed by atoms with Crippen molar-refractivity contribution in [3.8, 4) is 0 Å². The first-order valence-corrected chi connectivity index (χ1v) is 9.31. The van der Waals surface area contributed by atoms with E-state index in [0.717, 1.165) is 5.56 Å². The standard InChI is InChI=1S/C16H21NO5S/c1-16(9-10-23(20,21)12-16)17-14(18)11-22-15(19)8-7-13-5-3-2-4-6-13/h2-6H,7-12H2,1H3,(H,17,18)/t16-/m1/s1. The van der Waals surface area contributed by atoms with E-state index in [2.05, 4.69) is 5.32 Å². The van der Waals surface area contributed by atoms with Crippen molar-refractivity contribution >= 4 is 21.7 Å². The summed E-state index contributed by atoms with van der Waals surface area (Å²) < 4.78 is 27.9. The van der Waals surface area contributed by atoms with Gasteiger partial charge in [0.1, 0.15) is 0 Å². The molecule has 0 spiro atoms. The fourth-order valence-electron chi connectivity index (χ4n) is 2.59. The van der Waals surface area contributed by atoms with Crippen LogP contribution in [-0.4, -0.2) is 43.9 Å². The van der Waals surface area contributed by atoms with Crippen LogP contribution in [0, 0.1) is 0 Å². The van der Waals surface area contributed by atoms with Gasteiger partial charge in [-0.2, -0.15) is 0 Å². The molecule has 1 saturated heterocycles. The van der Waals surface area contributed by atoms with Crippen molar-refractivity contribution in [2.45, 2.75) is 31.7 Å². The highest BCUT2D eigenvalue weighted by Crippen LogP contribution is 2.22. The number of sulfone groups is 1. The Balaban J connectivity index is 1.71. The number of esters is 1. The zero-order valence-corrected chi connectivity index (χ0v) is 13.9. The number of hydrogen-bond acceptors (Lipinski definition) is 5. The summed E-state index contributed by atoms with van der Waals surface area (Å²) in [6.45, 7) is 1.30. The van der Waals surface area contributed by atoms with E-state index in [-0.39, 0.29) is 24.5 Å². The maximum atomic E-state index is 11.8.